The molecule has 6 heteroatoms. The highest BCUT2D eigenvalue weighted by atomic mass is 35.5. The fraction of sp³-hybridized carbons (Fsp3) is 0.111. The number of amides is 2. The number of rotatable bonds is 3. The van der Waals surface area contributed by atoms with Gasteiger partial charge in [-0.2, -0.15) is 0 Å². The largest absolute Gasteiger partial charge is 0.323 e. The Morgan fingerprint density at radius 2 is 2.00 bits per heavy atom. The minimum Gasteiger partial charge on any atom is -0.323 e. The van der Waals surface area contributed by atoms with E-state index in [4.69, 9.17) is 23.2 Å². The first-order valence-electron chi connectivity index (χ1n) is 7.33. The van der Waals surface area contributed by atoms with Crippen LogP contribution >= 0.6 is 23.2 Å². The fourth-order valence-corrected chi connectivity index (χ4v) is 3.14. The van der Waals surface area contributed by atoms with E-state index in [2.05, 4.69) is 11.9 Å². The lowest BCUT2D eigenvalue weighted by Crippen LogP contribution is -2.28. The zero-order chi connectivity index (χ0) is 17.3. The van der Waals surface area contributed by atoms with Crippen molar-refractivity contribution in [1.29, 1.82) is 0 Å². The van der Waals surface area contributed by atoms with Crippen LogP contribution in [0.5, 0.6) is 0 Å². The molecule has 0 aromatic heterocycles. The van der Waals surface area contributed by atoms with Crippen molar-refractivity contribution in [2.45, 2.75) is 6.42 Å². The quantitative estimate of drug-likeness (QED) is 0.828. The standard InChI is InChI=1S/C18H14Cl2N2O2/c1-2-16(23)21-12-5-3-4-11(10-12)18(24)22-9-8-13-15(22)7-6-14(19)17(13)20/h2-7,10H,1,8-9H2,(H,21,23). The number of carbonyl (C=O) groups is 2. The predicted octanol–water partition coefficient (Wildman–Crippen LogP) is 4.32. The first kappa shape index (κ1) is 16.6. The van der Waals surface area contributed by atoms with Gasteiger partial charge >= 0.3 is 0 Å². The van der Waals surface area contributed by atoms with Gasteiger partial charge in [0.15, 0.2) is 0 Å². The zero-order valence-corrected chi connectivity index (χ0v) is 14.2. The Kier molecular flexibility index (Phi) is 4.60. The maximum absolute atomic E-state index is 12.8. The third kappa shape index (κ3) is 3.03. The number of hydrogen-bond acceptors (Lipinski definition) is 2. The van der Waals surface area contributed by atoms with E-state index in [0.29, 0.717) is 34.3 Å². The van der Waals surface area contributed by atoms with Crippen molar-refractivity contribution in [1.82, 2.24) is 0 Å². The summed E-state index contributed by atoms with van der Waals surface area (Å²) in [7, 11) is 0. The van der Waals surface area contributed by atoms with Gasteiger partial charge in [-0.25, -0.2) is 0 Å². The molecular weight excluding hydrogens is 347 g/mol. The highest BCUT2D eigenvalue weighted by molar-refractivity contribution is 6.43. The number of benzene rings is 2. The van der Waals surface area contributed by atoms with Crippen molar-refractivity contribution >= 4 is 46.4 Å². The SMILES string of the molecule is C=CC(=O)Nc1cccc(C(=O)N2CCc3c2ccc(Cl)c3Cl)c1. The van der Waals surface area contributed by atoms with Crippen molar-refractivity contribution in [2.75, 3.05) is 16.8 Å². The number of nitrogens with one attached hydrogen (secondary N) is 1. The average Bonchev–Trinajstić information content (AvgIpc) is 3.02. The van der Waals surface area contributed by atoms with Crippen LogP contribution in [-0.4, -0.2) is 18.4 Å². The summed E-state index contributed by atoms with van der Waals surface area (Å²) < 4.78 is 0. The molecule has 0 saturated heterocycles. The zero-order valence-electron chi connectivity index (χ0n) is 12.7. The van der Waals surface area contributed by atoms with E-state index in [-0.39, 0.29) is 11.8 Å². The number of nitrogens with zero attached hydrogens (tertiary/aromatic N) is 1. The van der Waals surface area contributed by atoms with E-state index in [9.17, 15) is 9.59 Å². The molecule has 122 valence electrons. The molecule has 1 heterocycles. The molecule has 0 spiro atoms. The van der Waals surface area contributed by atoms with Crippen LogP contribution in [0.1, 0.15) is 15.9 Å². The van der Waals surface area contributed by atoms with Gasteiger partial charge in [0.2, 0.25) is 5.91 Å². The van der Waals surface area contributed by atoms with Gasteiger partial charge in [-0.05, 0) is 48.4 Å². The van der Waals surface area contributed by atoms with Crippen LogP contribution in [0.4, 0.5) is 11.4 Å². The Morgan fingerprint density at radius 1 is 1.21 bits per heavy atom. The van der Waals surface area contributed by atoms with E-state index in [0.717, 1.165) is 11.3 Å². The summed E-state index contributed by atoms with van der Waals surface area (Å²) in [5.74, 6) is -0.477. The molecule has 24 heavy (non-hydrogen) atoms. The van der Waals surface area contributed by atoms with Gasteiger partial charge in [0.1, 0.15) is 0 Å². The van der Waals surface area contributed by atoms with Gasteiger partial charge in [-0.3, -0.25) is 9.59 Å². The van der Waals surface area contributed by atoms with Gasteiger partial charge in [0.25, 0.3) is 5.91 Å². The van der Waals surface area contributed by atoms with E-state index in [1.54, 1.807) is 41.3 Å². The highest BCUT2D eigenvalue weighted by Crippen LogP contribution is 2.38. The van der Waals surface area contributed by atoms with Crippen LogP contribution < -0.4 is 10.2 Å². The smallest absolute Gasteiger partial charge is 0.258 e. The minimum atomic E-state index is -0.326. The van der Waals surface area contributed by atoms with Gasteiger partial charge in [0.05, 0.1) is 10.0 Å². The summed E-state index contributed by atoms with van der Waals surface area (Å²) in [4.78, 5) is 25.9. The van der Waals surface area contributed by atoms with Crippen LogP contribution in [0, 0.1) is 0 Å². The van der Waals surface area contributed by atoms with E-state index in [1.165, 1.54) is 6.08 Å². The Morgan fingerprint density at radius 3 is 2.75 bits per heavy atom. The normalized spacial score (nSPS) is 12.7. The second-order valence-electron chi connectivity index (χ2n) is 5.34. The first-order valence-corrected chi connectivity index (χ1v) is 8.09. The number of hydrogen-bond donors (Lipinski definition) is 1. The van der Waals surface area contributed by atoms with Crippen molar-refractivity contribution in [2.24, 2.45) is 0 Å². The third-order valence-electron chi connectivity index (χ3n) is 3.86. The van der Waals surface area contributed by atoms with Gasteiger partial charge in [-0.1, -0.05) is 35.8 Å². The monoisotopic (exact) mass is 360 g/mol. The van der Waals surface area contributed by atoms with E-state index >= 15 is 0 Å². The molecule has 0 atom stereocenters. The second-order valence-corrected chi connectivity index (χ2v) is 6.13. The van der Waals surface area contributed by atoms with E-state index < -0.39 is 0 Å². The topological polar surface area (TPSA) is 49.4 Å². The number of halogens is 2. The van der Waals surface area contributed by atoms with Crippen LogP contribution in [0.25, 0.3) is 0 Å². The Balaban J connectivity index is 1.89. The Bertz CT molecular complexity index is 849. The number of carbonyl (C=O) groups excluding carboxylic acids is 2. The molecular formula is C18H14Cl2N2O2. The maximum Gasteiger partial charge on any atom is 0.258 e. The molecule has 0 fully saturated rings. The molecule has 2 aromatic carbocycles. The predicted molar refractivity (Wildman–Crippen MR) is 97.1 cm³/mol. The molecule has 1 aliphatic rings. The first-order chi connectivity index (χ1) is 11.5. The van der Waals surface area contributed by atoms with Crippen LogP contribution in [0.2, 0.25) is 10.0 Å². The summed E-state index contributed by atoms with van der Waals surface area (Å²) in [6, 6.07) is 10.3. The van der Waals surface area contributed by atoms with Gasteiger partial charge in [-0.15, -0.1) is 0 Å². The van der Waals surface area contributed by atoms with Gasteiger partial charge in [0, 0.05) is 23.5 Å². The van der Waals surface area contributed by atoms with Gasteiger partial charge < -0.3 is 10.2 Å². The third-order valence-corrected chi connectivity index (χ3v) is 4.70. The molecule has 4 nitrogen and oxygen atoms in total. The molecule has 0 bridgehead atoms. The Hall–Kier alpha value is -2.30. The summed E-state index contributed by atoms with van der Waals surface area (Å²) in [5.41, 5.74) is 2.68. The average molecular weight is 361 g/mol. The molecule has 1 aliphatic heterocycles. The van der Waals surface area contributed by atoms with Crippen molar-refractivity contribution in [3.63, 3.8) is 0 Å². The van der Waals surface area contributed by atoms with Crippen LogP contribution in [0.3, 0.4) is 0 Å². The Labute approximate surface area is 149 Å². The van der Waals surface area contributed by atoms with Crippen LogP contribution in [-0.2, 0) is 11.2 Å². The highest BCUT2D eigenvalue weighted by Gasteiger charge is 2.28. The van der Waals surface area contributed by atoms with Crippen molar-refractivity contribution in [3.05, 3.63) is 70.2 Å². The van der Waals surface area contributed by atoms with Crippen LogP contribution in [0.15, 0.2) is 49.1 Å². The molecule has 0 aliphatic carbocycles. The maximum atomic E-state index is 12.8. The fourth-order valence-electron chi connectivity index (χ4n) is 2.71. The lowest BCUT2D eigenvalue weighted by molar-refractivity contribution is -0.111. The lowest BCUT2D eigenvalue weighted by atomic mass is 10.1. The summed E-state index contributed by atoms with van der Waals surface area (Å²) >= 11 is 12.3. The molecule has 0 radical (unpaired) electrons. The molecule has 1 N–H and O–H groups in total. The van der Waals surface area contributed by atoms with Crippen molar-refractivity contribution in [3.8, 4) is 0 Å². The molecule has 0 unspecified atom stereocenters. The summed E-state index contributed by atoms with van der Waals surface area (Å²) in [6.45, 7) is 3.95. The molecule has 3 rings (SSSR count). The molecule has 2 amide bonds. The van der Waals surface area contributed by atoms with Crippen molar-refractivity contribution < 1.29 is 9.59 Å². The summed E-state index contributed by atoms with van der Waals surface area (Å²) in [6.07, 6.45) is 1.84. The molecule has 2 aromatic rings. The lowest BCUT2D eigenvalue weighted by Gasteiger charge is -2.18. The molecule has 0 saturated carbocycles. The number of anilines is 2. The second kappa shape index (κ2) is 6.67. The summed E-state index contributed by atoms with van der Waals surface area (Å²) in [5, 5.41) is 3.63. The number of fused-ring (bicyclic) bond motifs is 1. The van der Waals surface area contributed by atoms with E-state index in [1.807, 2.05) is 0 Å². The minimum absolute atomic E-state index is 0.151.